The minimum absolute atomic E-state index is 0.530. The molecule has 0 aliphatic heterocycles. The van der Waals surface area contributed by atoms with E-state index in [2.05, 4.69) is 22.3 Å². The van der Waals surface area contributed by atoms with Crippen LogP contribution in [0.5, 0.6) is 5.75 Å². The molecule has 0 atom stereocenters. The van der Waals surface area contributed by atoms with Gasteiger partial charge in [-0.25, -0.2) is 4.98 Å². The molecule has 0 amide bonds. The van der Waals surface area contributed by atoms with E-state index in [1.807, 2.05) is 25.2 Å². The van der Waals surface area contributed by atoms with Crippen LogP contribution in [-0.4, -0.2) is 21.4 Å². The van der Waals surface area contributed by atoms with Gasteiger partial charge in [-0.2, -0.15) is 5.10 Å². The molecule has 0 saturated heterocycles. The van der Waals surface area contributed by atoms with Crippen LogP contribution in [0.3, 0.4) is 0 Å². The van der Waals surface area contributed by atoms with Crippen LogP contribution >= 0.6 is 0 Å². The summed E-state index contributed by atoms with van der Waals surface area (Å²) in [5, 5.41) is 7.41. The summed E-state index contributed by atoms with van der Waals surface area (Å²) in [5.41, 5.74) is 7.51. The number of anilines is 2. The zero-order valence-corrected chi connectivity index (χ0v) is 11.3. The molecule has 2 rings (SSSR count). The van der Waals surface area contributed by atoms with Crippen molar-refractivity contribution in [3.05, 3.63) is 30.4 Å². The maximum Gasteiger partial charge on any atom is 0.169 e. The summed E-state index contributed by atoms with van der Waals surface area (Å²) >= 11 is 0. The number of ether oxygens (including phenoxy) is 1. The predicted molar refractivity (Wildman–Crippen MR) is 75.0 cm³/mol. The first-order chi connectivity index (χ1) is 9.20. The Hall–Kier alpha value is -2.24. The van der Waals surface area contributed by atoms with E-state index in [1.165, 1.54) is 0 Å². The quantitative estimate of drug-likeness (QED) is 0.775. The van der Waals surface area contributed by atoms with Gasteiger partial charge in [-0.15, -0.1) is 0 Å². The summed E-state index contributed by atoms with van der Waals surface area (Å²) in [6.07, 6.45) is 2.62. The van der Waals surface area contributed by atoms with Gasteiger partial charge < -0.3 is 15.8 Å². The molecule has 0 radical (unpaired) electrons. The fourth-order valence-electron chi connectivity index (χ4n) is 1.68. The number of aromatic nitrogens is 3. The highest BCUT2D eigenvalue weighted by atomic mass is 16.5. The second-order valence-electron chi connectivity index (χ2n) is 4.25. The first kappa shape index (κ1) is 13.2. The molecule has 19 heavy (non-hydrogen) atoms. The van der Waals surface area contributed by atoms with E-state index in [-0.39, 0.29) is 0 Å². The van der Waals surface area contributed by atoms with Crippen LogP contribution in [0.15, 0.2) is 24.5 Å². The second-order valence-corrected chi connectivity index (χ2v) is 4.25. The summed E-state index contributed by atoms with van der Waals surface area (Å²) in [6.45, 7) is 3.25. The molecule has 6 nitrogen and oxygen atoms in total. The van der Waals surface area contributed by atoms with Crippen molar-refractivity contribution in [2.45, 2.75) is 19.9 Å². The standard InChI is InChI=1S/C13H19N5O/c1-3-7-19-11-6-4-5-10(13(11)14)15-8-12-16-9-18(2)17-12/h4-6,9,15H,3,7-8,14H2,1-2H3. The zero-order chi connectivity index (χ0) is 13.7. The predicted octanol–water partition coefficient (Wildman–Crippen LogP) is 1.80. The fraction of sp³-hybridized carbons (Fsp3) is 0.385. The number of rotatable bonds is 6. The van der Waals surface area contributed by atoms with E-state index in [0.29, 0.717) is 24.6 Å². The molecular weight excluding hydrogens is 242 g/mol. The van der Waals surface area contributed by atoms with E-state index in [9.17, 15) is 0 Å². The summed E-state index contributed by atoms with van der Waals surface area (Å²) in [6, 6.07) is 5.70. The van der Waals surface area contributed by atoms with Crippen molar-refractivity contribution in [3.63, 3.8) is 0 Å². The molecule has 0 aliphatic rings. The molecule has 0 fully saturated rings. The average Bonchev–Trinajstić information content (AvgIpc) is 2.82. The zero-order valence-electron chi connectivity index (χ0n) is 11.3. The average molecular weight is 261 g/mol. The number of hydrogen-bond donors (Lipinski definition) is 2. The van der Waals surface area contributed by atoms with Crippen molar-refractivity contribution in [2.24, 2.45) is 7.05 Å². The van der Waals surface area contributed by atoms with Gasteiger partial charge >= 0.3 is 0 Å². The van der Waals surface area contributed by atoms with E-state index in [1.54, 1.807) is 11.0 Å². The van der Waals surface area contributed by atoms with E-state index in [0.717, 1.165) is 17.9 Å². The number of para-hydroxylation sites is 1. The van der Waals surface area contributed by atoms with Gasteiger partial charge in [0, 0.05) is 7.05 Å². The Morgan fingerprint density at radius 3 is 2.95 bits per heavy atom. The van der Waals surface area contributed by atoms with E-state index in [4.69, 9.17) is 10.5 Å². The Morgan fingerprint density at radius 2 is 2.26 bits per heavy atom. The highest BCUT2D eigenvalue weighted by Crippen LogP contribution is 2.29. The number of nitrogen functional groups attached to an aromatic ring is 1. The van der Waals surface area contributed by atoms with Crippen molar-refractivity contribution in [3.8, 4) is 5.75 Å². The molecular formula is C13H19N5O. The lowest BCUT2D eigenvalue weighted by atomic mass is 10.2. The van der Waals surface area contributed by atoms with E-state index >= 15 is 0 Å². The molecule has 6 heteroatoms. The molecule has 0 bridgehead atoms. The van der Waals surface area contributed by atoms with Crippen LogP contribution in [0.1, 0.15) is 19.2 Å². The highest BCUT2D eigenvalue weighted by Gasteiger charge is 2.06. The number of hydrogen-bond acceptors (Lipinski definition) is 5. The van der Waals surface area contributed by atoms with Gasteiger partial charge in [0.15, 0.2) is 5.82 Å². The normalized spacial score (nSPS) is 10.4. The molecule has 2 aromatic rings. The number of nitrogens with one attached hydrogen (secondary N) is 1. The van der Waals surface area contributed by atoms with Crippen molar-refractivity contribution in [1.82, 2.24) is 14.8 Å². The van der Waals surface area contributed by atoms with Crippen molar-refractivity contribution >= 4 is 11.4 Å². The molecule has 3 N–H and O–H groups in total. The summed E-state index contributed by atoms with van der Waals surface area (Å²) in [7, 11) is 1.84. The number of nitrogens with zero attached hydrogens (tertiary/aromatic N) is 3. The number of benzene rings is 1. The van der Waals surface area contributed by atoms with E-state index < -0.39 is 0 Å². The fourth-order valence-corrected chi connectivity index (χ4v) is 1.68. The third-order valence-corrected chi connectivity index (χ3v) is 2.61. The van der Waals surface area contributed by atoms with Crippen LogP contribution in [0.4, 0.5) is 11.4 Å². The Balaban J connectivity index is 2.03. The highest BCUT2D eigenvalue weighted by molar-refractivity contribution is 5.72. The molecule has 0 aliphatic carbocycles. The maximum absolute atomic E-state index is 6.06. The first-order valence-corrected chi connectivity index (χ1v) is 6.30. The number of nitrogens with two attached hydrogens (primary N) is 1. The molecule has 1 heterocycles. The topological polar surface area (TPSA) is 78.0 Å². The largest absolute Gasteiger partial charge is 0.491 e. The van der Waals surface area contributed by atoms with Gasteiger partial charge in [0.2, 0.25) is 0 Å². The van der Waals surface area contributed by atoms with Gasteiger partial charge in [-0.1, -0.05) is 13.0 Å². The molecule has 102 valence electrons. The Bertz CT molecular complexity index is 538. The smallest absolute Gasteiger partial charge is 0.169 e. The number of aryl methyl sites for hydroxylation is 1. The lowest BCUT2D eigenvalue weighted by molar-refractivity contribution is 0.319. The van der Waals surface area contributed by atoms with Crippen LogP contribution in [-0.2, 0) is 13.6 Å². The van der Waals surface area contributed by atoms with Gasteiger partial charge in [0.05, 0.1) is 24.5 Å². The van der Waals surface area contributed by atoms with Crippen LogP contribution < -0.4 is 15.8 Å². The second kappa shape index (κ2) is 6.08. The Kier molecular flexibility index (Phi) is 4.22. The van der Waals surface area contributed by atoms with Crippen LogP contribution in [0, 0.1) is 0 Å². The summed E-state index contributed by atoms with van der Waals surface area (Å²) < 4.78 is 7.25. The van der Waals surface area contributed by atoms with Gasteiger partial charge in [-0.3, -0.25) is 4.68 Å². The molecule has 0 unspecified atom stereocenters. The summed E-state index contributed by atoms with van der Waals surface area (Å²) in [5.74, 6) is 1.43. The summed E-state index contributed by atoms with van der Waals surface area (Å²) in [4.78, 5) is 4.15. The van der Waals surface area contributed by atoms with Gasteiger partial charge in [-0.05, 0) is 18.6 Å². The molecule has 0 saturated carbocycles. The van der Waals surface area contributed by atoms with Crippen LogP contribution in [0.25, 0.3) is 0 Å². The van der Waals surface area contributed by atoms with Crippen LogP contribution in [0.2, 0.25) is 0 Å². The lowest BCUT2D eigenvalue weighted by Gasteiger charge is -2.12. The monoisotopic (exact) mass is 261 g/mol. The minimum atomic E-state index is 0.530. The third-order valence-electron chi connectivity index (χ3n) is 2.61. The SMILES string of the molecule is CCCOc1cccc(NCc2ncn(C)n2)c1N. The molecule has 0 spiro atoms. The van der Waals surface area contributed by atoms with Gasteiger partial charge in [0.25, 0.3) is 0 Å². The minimum Gasteiger partial charge on any atom is -0.491 e. The van der Waals surface area contributed by atoms with Crippen molar-refractivity contribution < 1.29 is 4.74 Å². The maximum atomic E-state index is 6.06. The lowest BCUT2D eigenvalue weighted by Crippen LogP contribution is -2.06. The molecule has 1 aromatic carbocycles. The van der Waals surface area contributed by atoms with Crippen molar-refractivity contribution in [1.29, 1.82) is 0 Å². The molecule has 1 aromatic heterocycles. The third kappa shape index (κ3) is 3.37. The van der Waals surface area contributed by atoms with Crippen molar-refractivity contribution in [2.75, 3.05) is 17.7 Å². The Labute approximate surface area is 112 Å². The Morgan fingerprint density at radius 1 is 1.42 bits per heavy atom. The van der Waals surface area contributed by atoms with Gasteiger partial charge in [0.1, 0.15) is 12.1 Å². The first-order valence-electron chi connectivity index (χ1n) is 6.30.